The fraction of sp³-hybridized carbons (Fsp3) is 0.381. The lowest BCUT2D eigenvalue weighted by atomic mass is 9.90. The molecule has 0 unspecified atom stereocenters. The summed E-state index contributed by atoms with van der Waals surface area (Å²) in [5.41, 5.74) is 10.6. The van der Waals surface area contributed by atoms with E-state index in [2.05, 4.69) is 11.1 Å². The second kappa shape index (κ2) is 8.28. The zero-order valence-corrected chi connectivity index (χ0v) is 16.4. The van der Waals surface area contributed by atoms with Crippen LogP contribution in [-0.2, 0) is 29.1 Å². The summed E-state index contributed by atoms with van der Waals surface area (Å²) >= 11 is 0. The lowest BCUT2D eigenvalue weighted by molar-refractivity contribution is -0.129. The van der Waals surface area contributed by atoms with Crippen molar-refractivity contribution in [3.8, 4) is 22.9 Å². The van der Waals surface area contributed by atoms with Gasteiger partial charge in [-0.2, -0.15) is 5.26 Å². The van der Waals surface area contributed by atoms with E-state index in [4.69, 9.17) is 15.2 Å². The fourth-order valence-corrected chi connectivity index (χ4v) is 3.54. The summed E-state index contributed by atoms with van der Waals surface area (Å²) < 4.78 is 11.0. The SMILES string of the molecule is CCOCc1cc(-c2c(C#N)c(N)nc3c2CN(C(C)=O)CC3)ccc1OC. The molecule has 2 aromatic rings. The van der Waals surface area contributed by atoms with E-state index in [1.807, 2.05) is 25.1 Å². The summed E-state index contributed by atoms with van der Waals surface area (Å²) in [7, 11) is 1.61. The molecule has 0 saturated heterocycles. The minimum atomic E-state index is -0.00121. The van der Waals surface area contributed by atoms with Gasteiger partial charge >= 0.3 is 0 Å². The molecule has 0 aliphatic carbocycles. The molecule has 2 N–H and O–H groups in total. The highest BCUT2D eigenvalue weighted by Gasteiger charge is 2.26. The van der Waals surface area contributed by atoms with Crippen LogP contribution in [0.15, 0.2) is 18.2 Å². The van der Waals surface area contributed by atoms with Crippen LogP contribution in [0.3, 0.4) is 0 Å². The Kier molecular flexibility index (Phi) is 5.81. The molecule has 1 aliphatic rings. The van der Waals surface area contributed by atoms with Gasteiger partial charge in [-0.3, -0.25) is 4.79 Å². The van der Waals surface area contributed by atoms with Crippen molar-refractivity contribution in [3.05, 3.63) is 40.6 Å². The van der Waals surface area contributed by atoms with Gasteiger partial charge in [0.05, 0.1) is 19.4 Å². The topological polar surface area (TPSA) is 101 Å². The molecule has 0 radical (unpaired) electrons. The maximum atomic E-state index is 11.9. The fourth-order valence-electron chi connectivity index (χ4n) is 3.54. The first kappa shape index (κ1) is 19.6. The highest BCUT2D eigenvalue weighted by Crippen LogP contribution is 2.37. The Balaban J connectivity index is 2.19. The second-order valence-corrected chi connectivity index (χ2v) is 6.64. The van der Waals surface area contributed by atoms with Crippen molar-refractivity contribution >= 4 is 11.7 Å². The Morgan fingerprint density at radius 2 is 2.21 bits per heavy atom. The standard InChI is InChI=1S/C21H24N4O3/c1-4-28-12-15-9-14(5-6-19(15)27-3)20-16(10-22)21(23)24-18-7-8-25(13(2)26)11-17(18)20/h5-6,9H,4,7-8,11-12H2,1-3H3,(H2,23,24). The number of nitrogen functional groups attached to an aromatic ring is 1. The molecule has 1 aliphatic heterocycles. The number of nitrogens with zero attached hydrogens (tertiary/aromatic N) is 3. The zero-order chi connectivity index (χ0) is 20.3. The summed E-state index contributed by atoms with van der Waals surface area (Å²) in [5.74, 6) is 0.936. The quantitative estimate of drug-likeness (QED) is 0.856. The predicted molar refractivity (Wildman–Crippen MR) is 105 cm³/mol. The van der Waals surface area contributed by atoms with Gasteiger partial charge in [-0.05, 0) is 24.6 Å². The number of rotatable bonds is 5. The molecule has 1 amide bonds. The molecule has 3 rings (SSSR count). The molecule has 0 saturated carbocycles. The number of aromatic nitrogens is 1. The minimum Gasteiger partial charge on any atom is -0.496 e. The molecule has 7 nitrogen and oxygen atoms in total. The van der Waals surface area contributed by atoms with E-state index in [-0.39, 0.29) is 11.7 Å². The van der Waals surface area contributed by atoms with Gasteiger partial charge in [0, 0.05) is 49.7 Å². The second-order valence-electron chi connectivity index (χ2n) is 6.64. The lowest BCUT2D eigenvalue weighted by Crippen LogP contribution is -2.35. The molecule has 146 valence electrons. The van der Waals surface area contributed by atoms with Crippen molar-refractivity contribution < 1.29 is 14.3 Å². The highest BCUT2D eigenvalue weighted by atomic mass is 16.5. The van der Waals surface area contributed by atoms with Crippen molar-refractivity contribution in [1.29, 1.82) is 5.26 Å². The number of carbonyl (C=O) groups is 1. The monoisotopic (exact) mass is 380 g/mol. The summed E-state index contributed by atoms with van der Waals surface area (Å²) in [6.07, 6.45) is 0.611. The Morgan fingerprint density at radius 3 is 2.86 bits per heavy atom. The smallest absolute Gasteiger partial charge is 0.219 e. The van der Waals surface area contributed by atoms with Gasteiger partial charge < -0.3 is 20.1 Å². The van der Waals surface area contributed by atoms with E-state index < -0.39 is 0 Å². The molecule has 28 heavy (non-hydrogen) atoms. The number of nitrogens with two attached hydrogens (primary N) is 1. The third-order valence-corrected chi connectivity index (χ3v) is 4.97. The summed E-state index contributed by atoms with van der Waals surface area (Å²) in [6, 6.07) is 7.91. The van der Waals surface area contributed by atoms with Crippen molar-refractivity contribution in [2.45, 2.75) is 33.4 Å². The number of amides is 1. The van der Waals surface area contributed by atoms with Gasteiger partial charge in [0.15, 0.2) is 0 Å². The maximum Gasteiger partial charge on any atom is 0.219 e. The van der Waals surface area contributed by atoms with Gasteiger partial charge in [0.2, 0.25) is 5.91 Å². The summed E-state index contributed by atoms with van der Waals surface area (Å²) in [4.78, 5) is 18.1. The molecule has 0 bridgehead atoms. The number of hydrogen-bond acceptors (Lipinski definition) is 6. The van der Waals surface area contributed by atoms with E-state index in [0.717, 1.165) is 33.7 Å². The Bertz CT molecular complexity index is 950. The third kappa shape index (κ3) is 3.64. The number of anilines is 1. The lowest BCUT2D eigenvalue weighted by Gasteiger charge is -2.30. The Hall–Kier alpha value is -3.11. The summed E-state index contributed by atoms with van der Waals surface area (Å²) in [5, 5.41) is 9.75. The van der Waals surface area contributed by atoms with Gasteiger partial charge in [-0.15, -0.1) is 0 Å². The summed E-state index contributed by atoms with van der Waals surface area (Å²) in [6.45, 7) is 5.47. The van der Waals surface area contributed by atoms with Crippen LogP contribution < -0.4 is 10.5 Å². The van der Waals surface area contributed by atoms with E-state index in [0.29, 0.717) is 38.3 Å². The van der Waals surface area contributed by atoms with E-state index in [1.54, 1.807) is 18.9 Å². The normalized spacial score (nSPS) is 13.0. The number of hydrogen-bond donors (Lipinski definition) is 1. The van der Waals surface area contributed by atoms with Crippen LogP contribution in [-0.4, -0.2) is 36.1 Å². The first-order chi connectivity index (χ1) is 13.5. The molecule has 2 heterocycles. The molecule has 0 fully saturated rings. The number of nitriles is 1. The number of ether oxygens (including phenoxy) is 2. The van der Waals surface area contributed by atoms with E-state index in [1.165, 1.54) is 0 Å². The van der Waals surface area contributed by atoms with Crippen molar-refractivity contribution in [2.24, 2.45) is 0 Å². The van der Waals surface area contributed by atoms with Crippen molar-refractivity contribution in [3.63, 3.8) is 0 Å². The van der Waals surface area contributed by atoms with Crippen LogP contribution in [0.4, 0.5) is 5.82 Å². The van der Waals surface area contributed by atoms with E-state index in [9.17, 15) is 10.1 Å². The Labute approximate surface area is 164 Å². The molecule has 7 heteroatoms. The third-order valence-electron chi connectivity index (χ3n) is 4.97. The van der Waals surface area contributed by atoms with E-state index >= 15 is 0 Å². The van der Waals surface area contributed by atoms with Gasteiger partial charge in [-0.25, -0.2) is 4.98 Å². The first-order valence-electron chi connectivity index (χ1n) is 9.22. The van der Waals surface area contributed by atoms with Crippen LogP contribution in [0.5, 0.6) is 5.75 Å². The molecule has 0 atom stereocenters. The van der Waals surface area contributed by atoms with Crippen molar-refractivity contribution in [2.75, 3.05) is 26.0 Å². The van der Waals surface area contributed by atoms with Gasteiger partial charge in [0.1, 0.15) is 23.2 Å². The predicted octanol–water partition coefficient (Wildman–Crippen LogP) is 2.65. The number of fused-ring (bicyclic) bond motifs is 1. The molecular weight excluding hydrogens is 356 g/mol. The molecule has 0 spiro atoms. The van der Waals surface area contributed by atoms with Gasteiger partial charge in [0.25, 0.3) is 0 Å². The van der Waals surface area contributed by atoms with Crippen LogP contribution in [0.25, 0.3) is 11.1 Å². The van der Waals surface area contributed by atoms with Crippen molar-refractivity contribution in [1.82, 2.24) is 9.88 Å². The number of pyridine rings is 1. The number of benzene rings is 1. The van der Waals surface area contributed by atoms with Crippen LogP contribution >= 0.6 is 0 Å². The average Bonchev–Trinajstić information content (AvgIpc) is 2.70. The number of carbonyl (C=O) groups excluding carboxylic acids is 1. The first-order valence-corrected chi connectivity index (χ1v) is 9.22. The number of methoxy groups -OCH3 is 1. The Morgan fingerprint density at radius 1 is 1.43 bits per heavy atom. The maximum absolute atomic E-state index is 11.9. The molecule has 1 aromatic heterocycles. The van der Waals surface area contributed by atoms with Crippen LogP contribution in [0, 0.1) is 11.3 Å². The average molecular weight is 380 g/mol. The van der Waals surface area contributed by atoms with Crippen LogP contribution in [0.1, 0.15) is 36.2 Å². The largest absolute Gasteiger partial charge is 0.496 e. The highest BCUT2D eigenvalue weighted by molar-refractivity contribution is 5.81. The molecule has 1 aromatic carbocycles. The minimum absolute atomic E-state index is 0.00121. The van der Waals surface area contributed by atoms with Gasteiger partial charge in [-0.1, -0.05) is 6.07 Å². The van der Waals surface area contributed by atoms with Crippen LogP contribution in [0.2, 0.25) is 0 Å². The molecular formula is C21H24N4O3. The zero-order valence-electron chi connectivity index (χ0n) is 16.4.